The first-order valence-electron chi connectivity index (χ1n) is 7.65. The number of aryl methyl sites for hydroxylation is 2. The molecular formula is C20H22O4. The van der Waals surface area contributed by atoms with Gasteiger partial charge in [0.05, 0.1) is 7.11 Å². The molecule has 2 aromatic carbocycles. The van der Waals surface area contributed by atoms with Gasteiger partial charge < -0.3 is 14.6 Å². The zero-order valence-electron chi connectivity index (χ0n) is 14.5. The number of ketones is 1. The van der Waals surface area contributed by atoms with Crippen LogP contribution in [0.1, 0.15) is 23.6 Å². The zero-order valence-corrected chi connectivity index (χ0v) is 14.5. The molecule has 24 heavy (non-hydrogen) atoms. The highest BCUT2D eigenvalue weighted by molar-refractivity contribution is 5.96. The minimum Gasteiger partial charge on any atom is -0.508 e. The third-order valence-corrected chi connectivity index (χ3v) is 3.71. The van der Waals surface area contributed by atoms with Crippen LogP contribution < -0.4 is 9.47 Å². The van der Waals surface area contributed by atoms with Crippen molar-refractivity contribution in [2.45, 2.75) is 27.2 Å². The number of carbonyl (C=O) groups is 1. The summed E-state index contributed by atoms with van der Waals surface area (Å²) >= 11 is 0. The van der Waals surface area contributed by atoms with Crippen LogP contribution in [0.2, 0.25) is 0 Å². The molecule has 0 aliphatic carbocycles. The van der Waals surface area contributed by atoms with E-state index in [0.29, 0.717) is 22.8 Å². The summed E-state index contributed by atoms with van der Waals surface area (Å²) in [6.45, 7) is 9.17. The lowest BCUT2D eigenvalue weighted by Crippen LogP contribution is -2.06. The maximum Gasteiger partial charge on any atom is 0.162 e. The monoisotopic (exact) mass is 326 g/mol. The van der Waals surface area contributed by atoms with Crippen molar-refractivity contribution in [1.29, 1.82) is 0 Å². The Hall–Kier alpha value is -2.75. The maximum atomic E-state index is 12.0. The van der Waals surface area contributed by atoms with E-state index in [2.05, 4.69) is 6.58 Å². The van der Waals surface area contributed by atoms with Crippen LogP contribution in [-0.2, 0) is 11.2 Å². The number of allylic oxidation sites excluding steroid dienone is 1. The molecule has 0 fully saturated rings. The van der Waals surface area contributed by atoms with E-state index in [1.54, 1.807) is 32.2 Å². The van der Waals surface area contributed by atoms with Gasteiger partial charge in [-0.15, -0.1) is 0 Å². The highest BCUT2D eigenvalue weighted by Gasteiger charge is 2.14. The van der Waals surface area contributed by atoms with Gasteiger partial charge in [-0.3, -0.25) is 4.79 Å². The van der Waals surface area contributed by atoms with E-state index >= 15 is 0 Å². The number of Topliss-reactive ketones (excluding diaryl/α,β-unsaturated/α-hetero) is 1. The Labute approximate surface area is 142 Å². The number of ether oxygens (including phenoxy) is 2. The van der Waals surface area contributed by atoms with Crippen LogP contribution in [0.3, 0.4) is 0 Å². The van der Waals surface area contributed by atoms with Gasteiger partial charge in [-0.05, 0) is 55.7 Å². The molecule has 4 heteroatoms. The molecular weight excluding hydrogens is 304 g/mol. The van der Waals surface area contributed by atoms with Gasteiger partial charge in [-0.25, -0.2) is 0 Å². The highest BCUT2D eigenvalue weighted by Crippen LogP contribution is 2.33. The molecule has 0 aliphatic rings. The maximum absolute atomic E-state index is 12.0. The summed E-state index contributed by atoms with van der Waals surface area (Å²) in [5.74, 6) is 1.85. The van der Waals surface area contributed by atoms with Crippen molar-refractivity contribution in [2.75, 3.05) is 7.11 Å². The molecule has 0 bridgehead atoms. The van der Waals surface area contributed by atoms with Crippen molar-refractivity contribution < 1.29 is 19.4 Å². The molecule has 0 spiro atoms. The number of carbonyl (C=O) groups excluding carboxylic acids is 1. The summed E-state index contributed by atoms with van der Waals surface area (Å²) in [6.07, 6.45) is 0.246. The number of phenolic OH excluding ortho intramolecular Hbond substituents is 1. The second kappa shape index (κ2) is 7.21. The van der Waals surface area contributed by atoms with Gasteiger partial charge in [-0.2, -0.15) is 0 Å². The molecule has 0 aliphatic heterocycles. The standard InChI is InChI=1S/C20H22O4/c1-12(2)19(22)11-18-14(4)8-17(10-20(18)23-5)24-16-7-13(3)6-15(21)9-16/h6-10,21H,1,11H2,2-5H3. The van der Waals surface area contributed by atoms with Crippen LogP contribution in [0.5, 0.6) is 23.0 Å². The molecule has 0 amide bonds. The first-order chi connectivity index (χ1) is 11.3. The summed E-state index contributed by atoms with van der Waals surface area (Å²) in [4.78, 5) is 12.0. The second-order valence-electron chi connectivity index (χ2n) is 5.91. The quantitative estimate of drug-likeness (QED) is 0.794. The van der Waals surface area contributed by atoms with E-state index in [-0.39, 0.29) is 18.0 Å². The Morgan fingerprint density at radius 2 is 1.79 bits per heavy atom. The fraction of sp³-hybridized carbons (Fsp3) is 0.250. The minimum absolute atomic E-state index is 0.0197. The highest BCUT2D eigenvalue weighted by atomic mass is 16.5. The molecule has 1 N–H and O–H groups in total. The summed E-state index contributed by atoms with van der Waals surface area (Å²) in [6, 6.07) is 8.63. The van der Waals surface area contributed by atoms with Crippen LogP contribution in [0.4, 0.5) is 0 Å². The Bertz CT molecular complexity index is 770. The summed E-state index contributed by atoms with van der Waals surface area (Å²) in [5.41, 5.74) is 3.14. The van der Waals surface area contributed by atoms with Crippen molar-refractivity contribution >= 4 is 5.78 Å². The van der Waals surface area contributed by atoms with E-state index in [9.17, 15) is 9.90 Å². The van der Waals surface area contributed by atoms with Crippen molar-refractivity contribution in [3.05, 3.63) is 59.2 Å². The smallest absolute Gasteiger partial charge is 0.162 e. The van der Waals surface area contributed by atoms with E-state index in [0.717, 1.165) is 16.7 Å². The first-order valence-corrected chi connectivity index (χ1v) is 7.65. The minimum atomic E-state index is -0.0197. The van der Waals surface area contributed by atoms with Gasteiger partial charge in [0.15, 0.2) is 5.78 Å². The predicted molar refractivity (Wildman–Crippen MR) is 94.2 cm³/mol. The SMILES string of the molecule is C=C(C)C(=O)Cc1c(C)cc(Oc2cc(C)cc(O)c2)cc1OC. The fourth-order valence-corrected chi connectivity index (χ4v) is 2.46. The number of phenols is 1. The van der Waals surface area contributed by atoms with Crippen LogP contribution in [0.25, 0.3) is 0 Å². The average molecular weight is 326 g/mol. The van der Waals surface area contributed by atoms with Crippen LogP contribution in [-0.4, -0.2) is 18.0 Å². The van der Waals surface area contributed by atoms with Crippen molar-refractivity contribution in [1.82, 2.24) is 0 Å². The average Bonchev–Trinajstić information content (AvgIpc) is 2.48. The fourth-order valence-electron chi connectivity index (χ4n) is 2.46. The second-order valence-corrected chi connectivity index (χ2v) is 5.91. The summed E-state index contributed by atoms with van der Waals surface area (Å²) in [7, 11) is 1.56. The van der Waals surface area contributed by atoms with E-state index < -0.39 is 0 Å². The van der Waals surface area contributed by atoms with Gasteiger partial charge in [0.25, 0.3) is 0 Å². The Kier molecular flexibility index (Phi) is 5.29. The summed E-state index contributed by atoms with van der Waals surface area (Å²) < 4.78 is 11.2. The number of hydrogen-bond acceptors (Lipinski definition) is 4. The van der Waals surface area contributed by atoms with Crippen molar-refractivity contribution in [3.63, 3.8) is 0 Å². The van der Waals surface area contributed by atoms with Gasteiger partial charge >= 0.3 is 0 Å². The lowest BCUT2D eigenvalue weighted by molar-refractivity contribution is -0.114. The van der Waals surface area contributed by atoms with Gasteiger partial charge in [0.1, 0.15) is 23.0 Å². The number of hydrogen-bond donors (Lipinski definition) is 1. The Morgan fingerprint density at radius 1 is 1.12 bits per heavy atom. The van der Waals surface area contributed by atoms with Crippen LogP contribution in [0.15, 0.2) is 42.5 Å². The van der Waals surface area contributed by atoms with Gasteiger partial charge in [-0.1, -0.05) is 6.58 Å². The number of methoxy groups -OCH3 is 1. The molecule has 4 nitrogen and oxygen atoms in total. The molecule has 2 aromatic rings. The normalized spacial score (nSPS) is 10.3. The lowest BCUT2D eigenvalue weighted by atomic mass is 9.99. The number of rotatable bonds is 6. The largest absolute Gasteiger partial charge is 0.508 e. The molecule has 0 atom stereocenters. The predicted octanol–water partition coefficient (Wildman–Crippen LogP) is 4.50. The molecule has 2 rings (SSSR count). The third-order valence-electron chi connectivity index (χ3n) is 3.71. The first kappa shape index (κ1) is 17.6. The molecule has 0 radical (unpaired) electrons. The van der Waals surface area contributed by atoms with Crippen molar-refractivity contribution in [2.24, 2.45) is 0 Å². The number of benzene rings is 2. The molecule has 0 aromatic heterocycles. The third kappa shape index (κ3) is 4.16. The van der Waals surface area contributed by atoms with Crippen molar-refractivity contribution in [3.8, 4) is 23.0 Å². The lowest BCUT2D eigenvalue weighted by Gasteiger charge is -2.15. The molecule has 0 saturated heterocycles. The zero-order chi connectivity index (χ0) is 17.9. The number of aromatic hydroxyl groups is 1. The van der Waals surface area contributed by atoms with E-state index in [1.807, 2.05) is 26.0 Å². The van der Waals surface area contributed by atoms with Gasteiger partial charge in [0, 0.05) is 24.1 Å². The molecule has 0 unspecified atom stereocenters. The Morgan fingerprint density at radius 3 is 2.38 bits per heavy atom. The van der Waals surface area contributed by atoms with E-state index in [1.165, 1.54) is 0 Å². The van der Waals surface area contributed by atoms with Gasteiger partial charge in [0.2, 0.25) is 0 Å². The molecule has 126 valence electrons. The topological polar surface area (TPSA) is 55.8 Å². The molecule has 0 saturated carbocycles. The van der Waals surface area contributed by atoms with Crippen LogP contribution in [0, 0.1) is 13.8 Å². The van der Waals surface area contributed by atoms with Crippen LogP contribution >= 0.6 is 0 Å². The molecule has 0 heterocycles. The summed E-state index contributed by atoms with van der Waals surface area (Å²) in [5, 5.41) is 9.67. The van der Waals surface area contributed by atoms with E-state index in [4.69, 9.17) is 9.47 Å². The Balaban J connectivity index is 2.34.